The minimum Gasteiger partial charge on any atom is -0.391 e. The van der Waals surface area contributed by atoms with Crippen LogP contribution in [-0.2, 0) is 0 Å². The highest BCUT2D eigenvalue weighted by Gasteiger charge is 2.39. The van der Waals surface area contributed by atoms with E-state index in [1.807, 2.05) is 0 Å². The first-order valence-electron chi connectivity index (χ1n) is 7.21. The van der Waals surface area contributed by atoms with Gasteiger partial charge in [0.15, 0.2) is 0 Å². The molecule has 0 unspecified atom stereocenters. The van der Waals surface area contributed by atoms with Crippen molar-refractivity contribution in [1.82, 2.24) is 10.3 Å². The molecule has 1 saturated carbocycles. The van der Waals surface area contributed by atoms with E-state index in [-0.39, 0.29) is 5.91 Å². The maximum atomic E-state index is 12.5. The number of rotatable bonds is 4. The van der Waals surface area contributed by atoms with Crippen LogP contribution in [0.2, 0.25) is 0 Å². The van der Waals surface area contributed by atoms with Crippen molar-refractivity contribution in [2.45, 2.75) is 44.6 Å². The van der Waals surface area contributed by atoms with Gasteiger partial charge in [-0.05, 0) is 59.7 Å². The zero-order valence-corrected chi connectivity index (χ0v) is 14.5. The lowest BCUT2D eigenvalue weighted by molar-refractivity contribution is 0.0892. The smallest absolute Gasteiger partial charge is 0.271 e. The van der Waals surface area contributed by atoms with Gasteiger partial charge >= 0.3 is 0 Å². The van der Waals surface area contributed by atoms with Gasteiger partial charge in [0.1, 0.15) is 5.69 Å². The van der Waals surface area contributed by atoms with E-state index in [0.29, 0.717) is 21.1 Å². The minimum atomic E-state index is -0.574. The van der Waals surface area contributed by atoms with E-state index < -0.39 is 5.54 Å². The quantitative estimate of drug-likeness (QED) is 0.799. The molecule has 0 saturated heterocycles. The SMILES string of the molecule is CCC1CCC(NC(=O)c2ncccc2Br)(C(N)=S)CC1. The van der Waals surface area contributed by atoms with Gasteiger partial charge < -0.3 is 11.1 Å². The van der Waals surface area contributed by atoms with E-state index in [9.17, 15) is 4.79 Å². The number of carbonyl (C=O) groups excluding carboxylic acids is 1. The number of halogens is 1. The molecule has 1 fully saturated rings. The van der Waals surface area contributed by atoms with E-state index in [1.165, 1.54) is 0 Å². The maximum absolute atomic E-state index is 12.5. The third-order valence-corrected chi connectivity index (χ3v) is 5.36. The molecule has 0 atom stereocenters. The summed E-state index contributed by atoms with van der Waals surface area (Å²) in [6.07, 6.45) is 6.44. The molecular weight excluding hydrogens is 350 g/mol. The van der Waals surface area contributed by atoms with Crippen molar-refractivity contribution in [3.8, 4) is 0 Å². The first-order valence-corrected chi connectivity index (χ1v) is 8.41. The first kappa shape index (κ1) is 16.4. The average Bonchev–Trinajstić information content (AvgIpc) is 2.48. The second-order valence-corrected chi connectivity index (χ2v) is 6.88. The van der Waals surface area contributed by atoms with Crippen LogP contribution in [0.3, 0.4) is 0 Å². The van der Waals surface area contributed by atoms with Gasteiger partial charge in [-0.15, -0.1) is 0 Å². The summed E-state index contributed by atoms with van der Waals surface area (Å²) in [5.41, 5.74) is 5.73. The topological polar surface area (TPSA) is 68.0 Å². The number of hydrogen-bond donors (Lipinski definition) is 2. The van der Waals surface area contributed by atoms with Crippen LogP contribution in [0, 0.1) is 5.92 Å². The lowest BCUT2D eigenvalue weighted by atomic mass is 9.75. The fraction of sp³-hybridized carbons (Fsp3) is 0.533. The van der Waals surface area contributed by atoms with Crippen LogP contribution in [0.1, 0.15) is 49.5 Å². The number of hydrogen-bond acceptors (Lipinski definition) is 3. The lowest BCUT2D eigenvalue weighted by Crippen LogP contribution is -2.58. The molecule has 0 spiro atoms. The van der Waals surface area contributed by atoms with Crippen LogP contribution in [-0.4, -0.2) is 21.4 Å². The number of nitrogens with two attached hydrogens (primary N) is 1. The Labute approximate surface area is 139 Å². The molecule has 0 aliphatic heterocycles. The molecule has 114 valence electrons. The summed E-state index contributed by atoms with van der Waals surface area (Å²) < 4.78 is 0.669. The molecule has 2 rings (SSSR count). The molecule has 3 N–H and O–H groups in total. The van der Waals surface area contributed by atoms with Crippen LogP contribution in [0.15, 0.2) is 22.8 Å². The number of thiocarbonyl (C=S) groups is 1. The van der Waals surface area contributed by atoms with Crippen molar-refractivity contribution in [2.75, 3.05) is 0 Å². The highest BCUT2D eigenvalue weighted by molar-refractivity contribution is 9.10. The van der Waals surface area contributed by atoms with Crippen molar-refractivity contribution >= 4 is 39.0 Å². The van der Waals surface area contributed by atoms with Gasteiger partial charge in [0.05, 0.1) is 10.5 Å². The molecule has 1 aromatic rings. The predicted octanol–water partition coefficient (Wildman–Crippen LogP) is 3.20. The Balaban J connectivity index is 2.16. The van der Waals surface area contributed by atoms with Gasteiger partial charge in [0.2, 0.25) is 0 Å². The Morgan fingerprint density at radius 1 is 1.57 bits per heavy atom. The molecule has 1 aliphatic rings. The molecule has 1 aliphatic carbocycles. The summed E-state index contributed by atoms with van der Waals surface area (Å²) in [6.45, 7) is 2.20. The van der Waals surface area contributed by atoms with E-state index in [4.69, 9.17) is 18.0 Å². The van der Waals surface area contributed by atoms with E-state index in [2.05, 4.69) is 33.2 Å². The summed E-state index contributed by atoms with van der Waals surface area (Å²) in [5.74, 6) is 0.469. The zero-order valence-electron chi connectivity index (χ0n) is 12.1. The van der Waals surface area contributed by atoms with Crippen molar-refractivity contribution in [3.63, 3.8) is 0 Å². The molecule has 6 heteroatoms. The van der Waals surface area contributed by atoms with Crippen molar-refractivity contribution in [3.05, 3.63) is 28.5 Å². The molecule has 1 heterocycles. The number of nitrogens with zero attached hydrogens (tertiary/aromatic N) is 1. The molecule has 21 heavy (non-hydrogen) atoms. The second kappa shape index (κ2) is 6.83. The number of aromatic nitrogens is 1. The van der Waals surface area contributed by atoms with Gasteiger partial charge in [-0.3, -0.25) is 4.79 Å². The monoisotopic (exact) mass is 369 g/mol. The van der Waals surface area contributed by atoms with Crippen LogP contribution >= 0.6 is 28.1 Å². The summed E-state index contributed by atoms with van der Waals surface area (Å²) in [4.78, 5) is 17.0. The van der Waals surface area contributed by atoms with E-state index in [0.717, 1.165) is 32.1 Å². The van der Waals surface area contributed by atoms with Gasteiger partial charge in [-0.1, -0.05) is 25.6 Å². The predicted molar refractivity (Wildman–Crippen MR) is 91.2 cm³/mol. The average molecular weight is 370 g/mol. The summed E-state index contributed by atoms with van der Waals surface area (Å²) in [7, 11) is 0. The molecular formula is C15H20BrN3OS. The van der Waals surface area contributed by atoms with E-state index in [1.54, 1.807) is 18.3 Å². The number of pyridine rings is 1. The molecule has 0 aromatic carbocycles. The normalized spacial score (nSPS) is 25.3. The Morgan fingerprint density at radius 3 is 2.76 bits per heavy atom. The lowest BCUT2D eigenvalue weighted by Gasteiger charge is -2.39. The maximum Gasteiger partial charge on any atom is 0.271 e. The number of nitrogens with one attached hydrogen (secondary N) is 1. The standard InChI is InChI=1S/C15H20BrN3OS/c1-2-10-5-7-15(8-6-10,14(17)21)19-13(20)12-11(16)4-3-9-18-12/h3-4,9-10H,2,5-8H2,1H3,(H2,17,21)(H,19,20). The Kier molecular flexibility index (Phi) is 5.32. The van der Waals surface area contributed by atoms with Crippen molar-refractivity contribution in [2.24, 2.45) is 11.7 Å². The van der Waals surface area contributed by atoms with Crippen molar-refractivity contribution < 1.29 is 4.79 Å². The highest BCUT2D eigenvalue weighted by atomic mass is 79.9. The molecule has 0 radical (unpaired) electrons. The molecule has 0 bridgehead atoms. The number of amides is 1. The second-order valence-electron chi connectivity index (χ2n) is 5.59. The van der Waals surface area contributed by atoms with Crippen LogP contribution < -0.4 is 11.1 Å². The molecule has 4 nitrogen and oxygen atoms in total. The molecule has 1 aromatic heterocycles. The molecule has 1 amide bonds. The van der Waals surface area contributed by atoms with Crippen LogP contribution in [0.5, 0.6) is 0 Å². The minimum absolute atomic E-state index is 0.231. The van der Waals surface area contributed by atoms with Crippen LogP contribution in [0.4, 0.5) is 0 Å². The summed E-state index contributed by atoms with van der Waals surface area (Å²) in [5, 5.41) is 3.04. The third kappa shape index (κ3) is 3.61. The summed E-state index contributed by atoms with van der Waals surface area (Å²) in [6, 6.07) is 3.57. The Morgan fingerprint density at radius 2 is 2.24 bits per heavy atom. The number of carbonyl (C=O) groups is 1. The highest BCUT2D eigenvalue weighted by Crippen LogP contribution is 2.34. The summed E-state index contributed by atoms with van der Waals surface area (Å²) >= 11 is 8.58. The Hall–Kier alpha value is -1.01. The zero-order chi connectivity index (χ0) is 15.5. The largest absolute Gasteiger partial charge is 0.391 e. The first-order chi connectivity index (χ1) is 9.98. The Bertz CT molecular complexity index is 541. The van der Waals surface area contributed by atoms with Crippen LogP contribution in [0.25, 0.3) is 0 Å². The fourth-order valence-corrected chi connectivity index (χ4v) is 3.53. The van der Waals surface area contributed by atoms with Gasteiger partial charge in [0, 0.05) is 10.7 Å². The van der Waals surface area contributed by atoms with E-state index >= 15 is 0 Å². The van der Waals surface area contributed by atoms with Crippen molar-refractivity contribution in [1.29, 1.82) is 0 Å². The fourth-order valence-electron chi connectivity index (χ4n) is 2.84. The van der Waals surface area contributed by atoms with Gasteiger partial charge in [-0.25, -0.2) is 4.98 Å². The van der Waals surface area contributed by atoms with Gasteiger partial charge in [-0.2, -0.15) is 0 Å². The third-order valence-electron chi connectivity index (χ3n) is 4.33. The van der Waals surface area contributed by atoms with Gasteiger partial charge in [0.25, 0.3) is 5.91 Å².